The van der Waals surface area contributed by atoms with E-state index in [0.717, 1.165) is 0 Å². The number of nitrogens with two attached hydrogens (primary N) is 1. The minimum absolute atomic E-state index is 0.0727. The van der Waals surface area contributed by atoms with Crippen molar-refractivity contribution in [2.75, 3.05) is 20.4 Å². The van der Waals surface area contributed by atoms with Crippen LogP contribution in [0.3, 0.4) is 0 Å². The standard InChI is InChI=1S/C21H31N2O9P.C2H6.CH5N.CH2O/c1-20(2,3)16(25)17(26)33(31-12-29-18(27)21(4,5)6)30-11-13-7-8-15(32-13)23-10-9-14(24)22-19(23)28;3*1-2/h9-10,13,15H,7-8,11-12H2,1-6H3,(H,22,24,28);1-2H3;2H2,1H3;1H2. The van der Waals surface area contributed by atoms with E-state index in [9.17, 15) is 24.0 Å². The molecule has 0 radical (unpaired) electrons. The monoisotopic (exact) mass is 577 g/mol. The Labute approximate surface area is 230 Å². The van der Waals surface area contributed by atoms with Gasteiger partial charge in [-0.1, -0.05) is 34.6 Å². The van der Waals surface area contributed by atoms with E-state index >= 15 is 0 Å². The average molecular weight is 578 g/mol. The zero-order valence-corrected chi connectivity index (χ0v) is 25.3. The Bertz CT molecular complexity index is 1010. The number of aromatic amines is 1. The van der Waals surface area contributed by atoms with E-state index < -0.39 is 66.9 Å². The molecule has 224 valence electrons. The van der Waals surface area contributed by atoms with E-state index in [1.807, 2.05) is 20.6 Å². The van der Waals surface area contributed by atoms with E-state index in [-0.39, 0.29) is 6.61 Å². The van der Waals surface area contributed by atoms with Crippen LogP contribution in [0.2, 0.25) is 0 Å². The maximum Gasteiger partial charge on any atom is 0.330 e. The Kier molecular flexibility index (Phi) is 18.5. The molecule has 1 aliphatic rings. The molecular formula is C25H44N3O10P. The van der Waals surface area contributed by atoms with Gasteiger partial charge in [-0.15, -0.1) is 0 Å². The molecule has 1 aliphatic heterocycles. The van der Waals surface area contributed by atoms with Crippen LogP contribution in [0.1, 0.15) is 74.5 Å². The molecule has 0 spiro atoms. The Morgan fingerprint density at radius 1 is 1.05 bits per heavy atom. The smallest absolute Gasteiger partial charge is 0.330 e. The van der Waals surface area contributed by atoms with Crippen molar-refractivity contribution in [1.29, 1.82) is 0 Å². The maximum absolute atomic E-state index is 12.7. The van der Waals surface area contributed by atoms with Crippen molar-refractivity contribution >= 4 is 32.4 Å². The highest BCUT2D eigenvalue weighted by atomic mass is 31.2. The lowest BCUT2D eigenvalue weighted by Crippen LogP contribution is -2.32. The van der Waals surface area contributed by atoms with Gasteiger partial charge in [-0.3, -0.25) is 33.3 Å². The van der Waals surface area contributed by atoms with Crippen molar-refractivity contribution in [3.8, 4) is 0 Å². The van der Waals surface area contributed by atoms with E-state index in [1.54, 1.807) is 41.5 Å². The molecule has 0 bridgehead atoms. The largest absolute Gasteiger partial charge is 0.438 e. The van der Waals surface area contributed by atoms with Crippen molar-refractivity contribution in [2.45, 2.75) is 80.6 Å². The van der Waals surface area contributed by atoms with Gasteiger partial charge in [0.1, 0.15) is 13.0 Å². The van der Waals surface area contributed by atoms with Crippen LogP contribution in [-0.4, -0.2) is 60.2 Å². The molecule has 14 heteroatoms. The summed E-state index contributed by atoms with van der Waals surface area (Å²) in [5, 5.41) is 0. The summed E-state index contributed by atoms with van der Waals surface area (Å²) in [5.41, 5.74) is 0.866. The lowest BCUT2D eigenvalue weighted by Gasteiger charge is -2.22. The fraction of sp³-hybridized carbons (Fsp3) is 0.680. The summed E-state index contributed by atoms with van der Waals surface area (Å²) < 4.78 is 23.1. The second-order valence-electron chi connectivity index (χ2n) is 9.67. The van der Waals surface area contributed by atoms with Crippen molar-refractivity contribution in [3.05, 3.63) is 33.1 Å². The van der Waals surface area contributed by atoms with Crippen LogP contribution in [0.4, 0.5) is 0 Å². The van der Waals surface area contributed by atoms with Gasteiger partial charge in [0.15, 0.2) is 6.79 Å². The molecule has 39 heavy (non-hydrogen) atoms. The fourth-order valence-corrected chi connectivity index (χ4v) is 3.98. The van der Waals surface area contributed by atoms with Crippen LogP contribution >= 0.6 is 8.38 Å². The minimum atomic E-state index is -2.35. The first-order chi connectivity index (χ1) is 18.2. The average Bonchev–Trinajstić information content (AvgIpc) is 3.36. The zero-order valence-electron chi connectivity index (χ0n) is 24.4. The zero-order chi connectivity index (χ0) is 31.0. The number of Topliss-reactive ketones (excluding diaryl/α,β-unsaturated/α-hetero) is 1. The van der Waals surface area contributed by atoms with Gasteiger partial charge < -0.3 is 24.5 Å². The Balaban J connectivity index is 0. The number of hydrogen-bond acceptors (Lipinski definition) is 11. The van der Waals surface area contributed by atoms with E-state index in [2.05, 4.69) is 10.7 Å². The summed E-state index contributed by atoms with van der Waals surface area (Å²) in [6.45, 7) is 15.2. The van der Waals surface area contributed by atoms with Gasteiger partial charge in [0.05, 0.1) is 18.1 Å². The summed E-state index contributed by atoms with van der Waals surface area (Å²) in [4.78, 5) is 70.5. The molecule has 0 aromatic carbocycles. The maximum atomic E-state index is 12.7. The van der Waals surface area contributed by atoms with Gasteiger partial charge in [0.2, 0.25) is 5.78 Å². The Hall–Kier alpha value is -2.57. The number of rotatable bonds is 9. The van der Waals surface area contributed by atoms with Gasteiger partial charge >= 0.3 is 11.7 Å². The number of H-pyrrole nitrogens is 1. The van der Waals surface area contributed by atoms with Gasteiger partial charge in [0.25, 0.3) is 19.5 Å². The molecule has 1 fully saturated rings. The molecule has 2 rings (SSSR count). The van der Waals surface area contributed by atoms with Crippen LogP contribution in [0.15, 0.2) is 21.9 Å². The van der Waals surface area contributed by atoms with Crippen molar-refractivity contribution in [2.24, 2.45) is 16.6 Å². The predicted octanol–water partition coefficient (Wildman–Crippen LogP) is 2.66. The van der Waals surface area contributed by atoms with Crippen LogP contribution in [0.25, 0.3) is 0 Å². The molecule has 3 atom stereocenters. The summed E-state index contributed by atoms with van der Waals surface area (Å²) in [5.74, 6) is -1.19. The van der Waals surface area contributed by atoms with Crippen molar-refractivity contribution in [1.82, 2.24) is 9.55 Å². The second-order valence-corrected chi connectivity index (χ2v) is 11.1. The third kappa shape index (κ3) is 13.4. The molecular weight excluding hydrogens is 533 g/mol. The van der Waals surface area contributed by atoms with Gasteiger partial charge in [-0.2, -0.15) is 0 Å². The number of hydrogen-bond donors (Lipinski definition) is 2. The van der Waals surface area contributed by atoms with Gasteiger partial charge in [-0.05, 0) is 40.7 Å². The molecule has 13 nitrogen and oxygen atoms in total. The van der Waals surface area contributed by atoms with Crippen molar-refractivity contribution in [3.63, 3.8) is 0 Å². The lowest BCUT2D eigenvalue weighted by atomic mass is 9.92. The van der Waals surface area contributed by atoms with E-state index in [4.69, 9.17) is 23.3 Å². The molecule has 0 saturated carbocycles. The Morgan fingerprint density at radius 3 is 2.10 bits per heavy atom. The number of nitrogens with one attached hydrogen (secondary N) is 1. The molecule has 0 amide bonds. The Morgan fingerprint density at radius 2 is 1.62 bits per heavy atom. The molecule has 1 saturated heterocycles. The lowest BCUT2D eigenvalue weighted by molar-refractivity contribution is -0.160. The molecule has 3 N–H and O–H groups in total. The molecule has 2 heterocycles. The first kappa shape index (κ1) is 38.6. The molecule has 0 aliphatic carbocycles. The van der Waals surface area contributed by atoms with Gasteiger partial charge in [-0.25, -0.2) is 4.79 Å². The number of carbonyl (C=O) groups is 4. The van der Waals surface area contributed by atoms with Crippen LogP contribution in [0, 0.1) is 10.8 Å². The first-order valence-corrected chi connectivity index (χ1v) is 13.5. The summed E-state index contributed by atoms with van der Waals surface area (Å²) in [6.07, 6.45) is 1.27. The first-order valence-electron chi connectivity index (χ1n) is 12.4. The molecule has 3 unspecified atom stereocenters. The minimum Gasteiger partial charge on any atom is -0.438 e. The third-order valence-corrected chi connectivity index (χ3v) is 5.90. The number of aromatic nitrogens is 2. The fourth-order valence-electron chi connectivity index (χ4n) is 2.72. The number of ether oxygens (including phenoxy) is 2. The topological polar surface area (TPSA) is 186 Å². The number of ketones is 1. The number of esters is 1. The van der Waals surface area contributed by atoms with E-state index in [0.29, 0.717) is 12.8 Å². The number of carbonyl (C=O) groups excluding carboxylic acids is 4. The quantitative estimate of drug-likeness (QED) is 0.190. The second kappa shape index (κ2) is 18.7. The number of nitrogens with zero attached hydrogens (tertiary/aromatic N) is 1. The highest BCUT2D eigenvalue weighted by Crippen LogP contribution is 2.43. The van der Waals surface area contributed by atoms with Crippen molar-refractivity contribution < 1.29 is 37.7 Å². The predicted molar refractivity (Wildman–Crippen MR) is 147 cm³/mol. The van der Waals surface area contributed by atoms with Gasteiger partial charge in [0, 0.05) is 17.7 Å². The SMILES string of the molecule is C=O.CC.CC(C)(C)C(=O)OCOP(OCC1CCC(n2ccc(=O)[nH]c2=O)O1)C(=O)C(=O)C(C)(C)C.CN. The van der Waals surface area contributed by atoms with Crippen LogP contribution in [-0.2, 0) is 37.7 Å². The van der Waals surface area contributed by atoms with E-state index in [1.165, 1.54) is 23.9 Å². The third-order valence-electron chi connectivity index (χ3n) is 4.64. The molecule has 1 aromatic rings. The highest BCUT2D eigenvalue weighted by Gasteiger charge is 2.37. The summed E-state index contributed by atoms with van der Waals surface area (Å²) in [6, 6.07) is 1.22. The summed E-state index contributed by atoms with van der Waals surface area (Å²) in [7, 11) is -0.849. The normalized spacial score (nSPS) is 17.2. The van der Waals surface area contributed by atoms with Crippen LogP contribution in [0.5, 0.6) is 0 Å². The highest BCUT2D eigenvalue weighted by molar-refractivity contribution is 7.69. The molecule has 1 aromatic heterocycles. The summed E-state index contributed by atoms with van der Waals surface area (Å²) >= 11 is 0. The van der Waals surface area contributed by atoms with Crippen LogP contribution < -0.4 is 17.0 Å².